The van der Waals surface area contributed by atoms with E-state index in [4.69, 9.17) is 0 Å². The molecule has 142 valence electrons. The van der Waals surface area contributed by atoms with Gasteiger partial charge in [0, 0.05) is 62.0 Å². The van der Waals surface area contributed by atoms with Gasteiger partial charge in [0.2, 0.25) is 0 Å². The molecule has 0 N–H and O–H groups in total. The van der Waals surface area contributed by atoms with Crippen LogP contribution in [0.4, 0.5) is 11.4 Å². The van der Waals surface area contributed by atoms with E-state index in [2.05, 4.69) is 10.00 Å². The second kappa shape index (κ2) is 7.51. The van der Waals surface area contributed by atoms with Crippen molar-refractivity contribution in [2.75, 3.05) is 31.1 Å². The van der Waals surface area contributed by atoms with Crippen LogP contribution < -0.4 is 4.90 Å². The third-order valence-corrected chi connectivity index (χ3v) is 4.88. The van der Waals surface area contributed by atoms with Gasteiger partial charge in [-0.25, -0.2) is 4.68 Å². The Balaban J connectivity index is 1.38. The monoisotopic (exact) mass is 377 g/mol. The lowest BCUT2D eigenvalue weighted by molar-refractivity contribution is -0.384. The summed E-state index contributed by atoms with van der Waals surface area (Å²) in [5, 5.41) is 15.0. The third kappa shape index (κ3) is 3.57. The van der Waals surface area contributed by atoms with Crippen LogP contribution in [0.15, 0.2) is 67.0 Å². The number of non-ortho nitro benzene ring substituents is 1. The van der Waals surface area contributed by atoms with Gasteiger partial charge in [-0.05, 0) is 42.5 Å². The van der Waals surface area contributed by atoms with Crippen molar-refractivity contribution < 1.29 is 9.72 Å². The fourth-order valence-corrected chi connectivity index (χ4v) is 3.31. The minimum absolute atomic E-state index is 0.00960. The number of aromatic nitrogens is 2. The molecule has 0 unspecified atom stereocenters. The normalized spacial score (nSPS) is 14.1. The first-order chi connectivity index (χ1) is 13.6. The fraction of sp³-hybridized carbons (Fsp3) is 0.200. The van der Waals surface area contributed by atoms with Gasteiger partial charge in [-0.15, -0.1) is 0 Å². The molecule has 0 saturated carbocycles. The summed E-state index contributed by atoms with van der Waals surface area (Å²) in [6.07, 6.45) is 3.57. The lowest BCUT2D eigenvalue weighted by Gasteiger charge is -2.36. The molecule has 1 aliphatic rings. The predicted octanol–water partition coefficient (Wildman–Crippen LogP) is 2.74. The summed E-state index contributed by atoms with van der Waals surface area (Å²) in [6, 6.07) is 15.8. The van der Waals surface area contributed by atoms with E-state index in [0.29, 0.717) is 31.7 Å². The molecule has 1 amide bonds. The minimum Gasteiger partial charge on any atom is -0.368 e. The van der Waals surface area contributed by atoms with Gasteiger partial charge in [0.25, 0.3) is 11.6 Å². The molecule has 0 atom stereocenters. The summed E-state index contributed by atoms with van der Waals surface area (Å²) in [4.78, 5) is 27.1. The van der Waals surface area contributed by atoms with Gasteiger partial charge in [-0.2, -0.15) is 5.10 Å². The van der Waals surface area contributed by atoms with Crippen LogP contribution >= 0.6 is 0 Å². The van der Waals surface area contributed by atoms with E-state index in [1.165, 1.54) is 12.1 Å². The molecule has 4 rings (SSSR count). The molecule has 2 aromatic carbocycles. The largest absolute Gasteiger partial charge is 0.368 e. The Morgan fingerprint density at radius 1 is 0.929 bits per heavy atom. The van der Waals surface area contributed by atoms with Gasteiger partial charge < -0.3 is 9.80 Å². The molecule has 1 saturated heterocycles. The highest BCUT2D eigenvalue weighted by molar-refractivity contribution is 5.94. The van der Waals surface area contributed by atoms with Crippen molar-refractivity contribution in [3.05, 3.63) is 82.7 Å². The number of amides is 1. The van der Waals surface area contributed by atoms with Crippen molar-refractivity contribution >= 4 is 17.3 Å². The second-order valence-electron chi connectivity index (χ2n) is 6.55. The highest BCUT2D eigenvalue weighted by atomic mass is 16.6. The lowest BCUT2D eigenvalue weighted by atomic mass is 10.1. The molecular weight excluding hydrogens is 358 g/mol. The summed E-state index contributed by atoms with van der Waals surface area (Å²) in [7, 11) is 0. The summed E-state index contributed by atoms with van der Waals surface area (Å²) < 4.78 is 1.75. The molecule has 2 heterocycles. The Morgan fingerprint density at radius 2 is 1.57 bits per heavy atom. The molecule has 1 aromatic heterocycles. The van der Waals surface area contributed by atoms with Crippen LogP contribution in [0.5, 0.6) is 0 Å². The first kappa shape index (κ1) is 17.7. The highest BCUT2D eigenvalue weighted by Crippen LogP contribution is 2.21. The molecule has 0 spiro atoms. The number of nitro benzene ring substituents is 1. The van der Waals surface area contributed by atoms with Crippen LogP contribution in [0, 0.1) is 10.1 Å². The van der Waals surface area contributed by atoms with Crippen molar-refractivity contribution in [1.82, 2.24) is 14.7 Å². The zero-order chi connectivity index (χ0) is 19.5. The van der Waals surface area contributed by atoms with E-state index in [9.17, 15) is 14.9 Å². The fourth-order valence-electron chi connectivity index (χ4n) is 3.31. The average Bonchev–Trinajstić information content (AvgIpc) is 3.28. The molecule has 1 aliphatic heterocycles. The Hall–Kier alpha value is -3.68. The first-order valence-corrected chi connectivity index (χ1v) is 9.00. The molecule has 0 aliphatic carbocycles. The topological polar surface area (TPSA) is 84.5 Å². The van der Waals surface area contributed by atoms with E-state index >= 15 is 0 Å². The Kier molecular flexibility index (Phi) is 4.76. The first-order valence-electron chi connectivity index (χ1n) is 9.00. The maximum Gasteiger partial charge on any atom is 0.269 e. The van der Waals surface area contributed by atoms with Gasteiger partial charge in [0.05, 0.1) is 10.6 Å². The van der Waals surface area contributed by atoms with Gasteiger partial charge >= 0.3 is 0 Å². The number of hydrogen-bond donors (Lipinski definition) is 0. The van der Waals surface area contributed by atoms with Gasteiger partial charge in [-0.1, -0.05) is 0 Å². The molecule has 0 bridgehead atoms. The summed E-state index contributed by atoms with van der Waals surface area (Å²) >= 11 is 0. The van der Waals surface area contributed by atoms with Crippen LogP contribution in [-0.2, 0) is 0 Å². The summed E-state index contributed by atoms with van der Waals surface area (Å²) in [5.74, 6) is 0.00960. The van der Waals surface area contributed by atoms with E-state index in [1.807, 2.05) is 41.4 Å². The maximum absolute atomic E-state index is 12.8. The quantitative estimate of drug-likeness (QED) is 0.516. The Bertz CT molecular complexity index is 960. The Labute approximate surface area is 161 Å². The maximum atomic E-state index is 12.8. The summed E-state index contributed by atoms with van der Waals surface area (Å²) in [5.41, 5.74) is 2.57. The van der Waals surface area contributed by atoms with Gasteiger partial charge in [0.1, 0.15) is 0 Å². The van der Waals surface area contributed by atoms with Crippen molar-refractivity contribution in [1.29, 1.82) is 0 Å². The molecule has 8 heteroatoms. The number of piperazine rings is 1. The smallest absolute Gasteiger partial charge is 0.269 e. The van der Waals surface area contributed by atoms with E-state index < -0.39 is 4.92 Å². The van der Waals surface area contributed by atoms with Crippen LogP contribution in [0.3, 0.4) is 0 Å². The number of hydrogen-bond acceptors (Lipinski definition) is 5. The predicted molar refractivity (Wildman–Crippen MR) is 105 cm³/mol. The minimum atomic E-state index is -0.405. The third-order valence-electron chi connectivity index (χ3n) is 4.88. The number of carbonyl (C=O) groups excluding carboxylic acids is 1. The van der Waals surface area contributed by atoms with E-state index in [1.54, 1.807) is 23.0 Å². The van der Waals surface area contributed by atoms with Crippen LogP contribution in [0.1, 0.15) is 10.4 Å². The second-order valence-corrected chi connectivity index (χ2v) is 6.55. The van der Waals surface area contributed by atoms with Gasteiger partial charge in [0.15, 0.2) is 0 Å². The zero-order valence-corrected chi connectivity index (χ0v) is 15.1. The van der Waals surface area contributed by atoms with Crippen molar-refractivity contribution in [3.8, 4) is 5.69 Å². The molecular formula is C20H19N5O3. The van der Waals surface area contributed by atoms with E-state index in [0.717, 1.165) is 11.4 Å². The van der Waals surface area contributed by atoms with Gasteiger partial charge in [-0.3, -0.25) is 14.9 Å². The molecule has 3 aromatic rings. The van der Waals surface area contributed by atoms with Crippen LogP contribution in [-0.4, -0.2) is 51.7 Å². The number of nitrogens with zero attached hydrogens (tertiary/aromatic N) is 5. The number of rotatable bonds is 4. The number of nitro groups is 1. The van der Waals surface area contributed by atoms with Crippen LogP contribution in [0.2, 0.25) is 0 Å². The SMILES string of the molecule is O=C(c1ccc(-n2cccn2)cc1)N1CCN(c2ccc([N+](=O)[O-])cc2)CC1. The molecule has 8 nitrogen and oxygen atoms in total. The zero-order valence-electron chi connectivity index (χ0n) is 15.1. The Morgan fingerprint density at radius 3 is 2.14 bits per heavy atom. The number of carbonyl (C=O) groups is 1. The number of anilines is 1. The van der Waals surface area contributed by atoms with Crippen molar-refractivity contribution in [3.63, 3.8) is 0 Å². The standard InChI is InChI=1S/C20H19N5O3/c26-20(16-2-4-18(5-3-16)24-11-1-10-21-24)23-14-12-22(13-15-23)17-6-8-19(9-7-17)25(27)28/h1-11H,12-15H2. The lowest BCUT2D eigenvalue weighted by Crippen LogP contribution is -2.48. The van der Waals surface area contributed by atoms with Crippen molar-refractivity contribution in [2.24, 2.45) is 0 Å². The highest BCUT2D eigenvalue weighted by Gasteiger charge is 2.22. The van der Waals surface area contributed by atoms with E-state index in [-0.39, 0.29) is 11.6 Å². The van der Waals surface area contributed by atoms with Crippen LogP contribution in [0.25, 0.3) is 5.69 Å². The number of benzene rings is 2. The summed E-state index contributed by atoms with van der Waals surface area (Å²) in [6.45, 7) is 2.59. The molecule has 28 heavy (non-hydrogen) atoms. The van der Waals surface area contributed by atoms with Crippen molar-refractivity contribution in [2.45, 2.75) is 0 Å². The average molecular weight is 377 g/mol. The molecule has 0 radical (unpaired) electrons. The molecule has 1 fully saturated rings.